The Morgan fingerprint density at radius 1 is 0.968 bits per heavy atom. The van der Waals surface area contributed by atoms with E-state index in [0.717, 1.165) is 50.3 Å². The number of hydrogen-bond acceptors (Lipinski definition) is 6. The lowest BCUT2D eigenvalue weighted by molar-refractivity contribution is 0.473. The number of H-pyrrole nitrogens is 2. The third-order valence-corrected chi connectivity index (χ3v) is 5.21. The number of imidazole rings is 1. The zero-order chi connectivity index (χ0) is 20.9. The van der Waals surface area contributed by atoms with Gasteiger partial charge >= 0.3 is 0 Å². The number of fused-ring (bicyclic) bond motifs is 2. The van der Waals surface area contributed by atoms with Gasteiger partial charge in [-0.1, -0.05) is 0 Å². The third-order valence-electron chi connectivity index (χ3n) is 5.21. The summed E-state index contributed by atoms with van der Waals surface area (Å²) in [7, 11) is 0. The lowest BCUT2D eigenvalue weighted by Crippen LogP contribution is -1.94. The lowest BCUT2D eigenvalue weighted by atomic mass is 10.1. The second kappa shape index (κ2) is 6.49. The van der Waals surface area contributed by atoms with Crippen molar-refractivity contribution in [2.75, 3.05) is 0 Å². The summed E-state index contributed by atoms with van der Waals surface area (Å²) < 4.78 is 1.91. The summed E-state index contributed by atoms with van der Waals surface area (Å²) in [6.07, 6.45) is 10.3. The Bertz CT molecular complexity index is 1580. The van der Waals surface area contributed by atoms with Crippen LogP contribution in [0.25, 0.3) is 50.3 Å². The summed E-state index contributed by atoms with van der Waals surface area (Å²) in [5, 5.41) is 19.1. The van der Waals surface area contributed by atoms with Crippen LogP contribution in [0.1, 0.15) is 5.69 Å². The topological polar surface area (TPSA) is 121 Å². The number of aromatic hydroxyl groups is 1. The molecule has 0 radical (unpaired) electrons. The monoisotopic (exact) mass is 408 g/mol. The van der Waals surface area contributed by atoms with E-state index in [4.69, 9.17) is 0 Å². The summed E-state index contributed by atoms with van der Waals surface area (Å²) in [5.41, 5.74) is 5.76. The van der Waals surface area contributed by atoms with Crippen LogP contribution >= 0.6 is 0 Å². The molecule has 0 aromatic carbocycles. The number of rotatable bonds is 3. The van der Waals surface area contributed by atoms with Crippen LogP contribution in [0.5, 0.6) is 5.75 Å². The van der Waals surface area contributed by atoms with E-state index in [1.165, 1.54) is 6.20 Å². The van der Waals surface area contributed by atoms with Crippen LogP contribution in [0, 0.1) is 6.92 Å². The minimum Gasteiger partial charge on any atom is -0.506 e. The van der Waals surface area contributed by atoms with Crippen molar-refractivity contribution < 1.29 is 5.11 Å². The minimum atomic E-state index is 0.107. The molecule has 6 heterocycles. The fourth-order valence-corrected chi connectivity index (χ4v) is 3.76. The Balaban J connectivity index is 1.51. The van der Waals surface area contributed by atoms with Crippen LogP contribution in [0.4, 0.5) is 0 Å². The molecule has 0 aliphatic rings. The van der Waals surface area contributed by atoms with Crippen molar-refractivity contribution in [3.63, 3.8) is 0 Å². The van der Waals surface area contributed by atoms with E-state index in [9.17, 15) is 5.11 Å². The Hall–Kier alpha value is -4.53. The molecule has 3 N–H and O–H groups in total. The van der Waals surface area contributed by atoms with E-state index in [-0.39, 0.29) is 5.75 Å². The van der Waals surface area contributed by atoms with Gasteiger partial charge in [0.15, 0.2) is 5.65 Å². The van der Waals surface area contributed by atoms with E-state index in [0.29, 0.717) is 5.65 Å². The van der Waals surface area contributed by atoms with Crippen LogP contribution in [-0.4, -0.2) is 44.8 Å². The summed E-state index contributed by atoms with van der Waals surface area (Å²) in [5.74, 6) is 0.903. The summed E-state index contributed by atoms with van der Waals surface area (Å²) in [6.45, 7) is 1.95. The predicted molar refractivity (Wildman–Crippen MR) is 116 cm³/mol. The molecular weight excluding hydrogens is 392 g/mol. The van der Waals surface area contributed by atoms with E-state index < -0.39 is 0 Å². The first-order chi connectivity index (χ1) is 15.2. The molecule has 0 unspecified atom stereocenters. The number of aryl methyl sites for hydroxylation is 1. The highest BCUT2D eigenvalue weighted by Gasteiger charge is 2.15. The molecule has 0 aliphatic heterocycles. The van der Waals surface area contributed by atoms with Gasteiger partial charge in [0.2, 0.25) is 0 Å². The normalized spacial score (nSPS) is 11.5. The number of pyridine rings is 3. The van der Waals surface area contributed by atoms with Crippen molar-refractivity contribution in [3.8, 4) is 34.1 Å². The second-order valence-electron chi connectivity index (χ2n) is 7.33. The van der Waals surface area contributed by atoms with Gasteiger partial charge in [0.25, 0.3) is 0 Å². The molecule has 0 saturated heterocycles. The highest BCUT2D eigenvalue weighted by atomic mass is 16.3. The van der Waals surface area contributed by atoms with Crippen LogP contribution in [-0.2, 0) is 0 Å². The largest absolute Gasteiger partial charge is 0.506 e. The Kier molecular flexibility index (Phi) is 3.63. The molecule has 9 nitrogen and oxygen atoms in total. The zero-order valence-electron chi connectivity index (χ0n) is 16.4. The van der Waals surface area contributed by atoms with Gasteiger partial charge in [0.05, 0.1) is 23.1 Å². The summed E-state index contributed by atoms with van der Waals surface area (Å²) >= 11 is 0. The molecule has 150 valence electrons. The zero-order valence-corrected chi connectivity index (χ0v) is 16.4. The van der Waals surface area contributed by atoms with Crippen LogP contribution < -0.4 is 0 Å². The first-order valence-corrected chi connectivity index (χ1v) is 9.63. The molecule has 0 spiro atoms. The van der Waals surface area contributed by atoms with Gasteiger partial charge in [-0.3, -0.25) is 14.6 Å². The van der Waals surface area contributed by atoms with Gasteiger partial charge in [0.1, 0.15) is 23.6 Å². The van der Waals surface area contributed by atoms with Crippen molar-refractivity contribution in [2.45, 2.75) is 6.92 Å². The van der Waals surface area contributed by atoms with Crippen LogP contribution in [0.3, 0.4) is 0 Å². The fourth-order valence-electron chi connectivity index (χ4n) is 3.76. The second-order valence-corrected chi connectivity index (χ2v) is 7.33. The maximum absolute atomic E-state index is 9.76. The number of hydrogen-bond donors (Lipinski definition) is 3. The van der Waals surface area contributed by atoms with Crippen LogP contribution in [0.15, 0.2) is 61.6 Å². The molecular formula is C22H16N8O. The molecule has 0 aliphatic carbocycles. The number of aromatic amines is 2. The van der Waals surface area contributed by atoms with E-state index >= 15 is 0 Å². The standard InChI is InChI=1S/C22H16N8O/c1-12-10-30(11-26-12)22-16-6-19(27-18(16)2-3-24-22)20-17-5-14(8-25-21(17)29-28-20)13-4-15(31)9-23-7-13/h2-11,27,31H,1H3,(H,25,28,29). The number of aromatic nitrogens is 8. The average Bonchev–Trinajstić information content (AvgIpc) is 3.50. The highest BCUT2D eigenvalue weighted by Crippen LogP contribution is 2.32. The Morgan fingerprint density at radius 2 is 1.87 bits per heavy atom. The van der Waals surface area contributed by atoms with Gasteiger partial charge in [-0.25, -0.2) is 15.0 Å². The molecule has 0 amide bonds. The van der Waals surface area contributed by atoms with E-state index in [1.54, 1.807) is 31.0 Å². The number of nitrogens with zero attached hydrogens (tertiary/aromatic N) is 6. The molecule has 0 atom stereocenters. The minimum absolute atomic E-state index is 0.107. The maximum Gasteiger partial charge on any atom is 0.155 e. The van der Waals surface area contributed by atoms with Crippen molar-refractivity contribution >= 4 is 21.9 Å². The van der Waals surface area contributed by atoms with Crippen molar-refractivity contribution in [3.05, 3.63) is 67.3 Å². The molecule has 31 heavy (non-hydrogen) atoms. The predicted octanol–water partition coefficient (Wildman–Crippen LogP) is 3.76. The Labute approximate surface area is 175 Å². The molecule has 6 aromatic heterocycles. The van der Waals surface area contributed by atoms with Crippen molar-refractivity contribution in [2.24, 2.45) is 0 Å². The maximum atomic E-state index is 9.76. The smallest absolute Gasteiger partial charge is 0.155 e. The van der Waals surface area contributed by atoms with Crippen LogP contribution in [0.2, 0.25) is 0 Å². The molecule has 6 aromatic rings. The van der Waals surface area contributed by atoms with E-state index in [1.807, 2.05) is 35.9 Å². The fraction of sp³-hybridized carbons (Fsp3) is 0.0455. The quantitative estimate of drug-likeness (QED) is 0.410. The molecule has 0 fully saturated rings. The van der Waals surface area contributed by atoms with Gasteiger partial charge < -0.3 is 10.1 Å². The highest BCUT2D eigenvalue weighted by molar-refractivity contribution is 5.97. The molecule has 9 heteroatoms. The molecule has 0 bridgehead atoms. The first kappa shape index (κ1) is 17.3. The van der Waals surface area contributed by atoms with E-state index in [2.05, 4.69) is 35.1 Å². The lowest BCUT2D eigenvalue weighted by Gasteiger charge is -2.02. The summed E-state index contributed by atoms with van der Waals surface area (Å²) in [4.78, 5) is 20.8. The van der Waals surface area contributed by atoms with Gasteiger partial charge in [-0.2, -0.15) is 5.10 Å². The van der Waals surface area contributed by atoms with Gasteiger partial charge in [-0.05, 0) is 31.2 Å². The third kappa shape index (κ3) is 2.83. The average molecular weight is 408 g/mol. The number of nitrogens with one attached hydrogen (secondary N) is 2. The van der Waals surface area contributed by atoms with Gasteiger partial charge in [0, 0.05) is 46.7 Å². The summed E-state index contributed by atoms with van der Waals surface area (Å²) in [6, 6.07) is 7.61. The van der Waals surface area contributed by atoms with Gasteiger partial charge in [-0.15, -0.1) is 0 Å². The molecule has 0 saturated carbocycles. The van der Waals surface area contributed by atoms with Crippen molar-refractivity contribution in [1.82, 2.24) is 39.7 Å². The van der Waals surface area contributed by atoms with Crippen molar-refractivity contribution in [1.29, 1.82) is 0 Å². The molecule has 6 rings (SSSR count). The SMILES string of the molecule is Cc1cn(-c2nccc3[nH]c(-c4n[nH]c5ncc(-c6cncc(O)c6)cc45)cc23)cn1. The Morgan fingerprint density at radius 3 is 2.71 bits per heavy atom. The first-order valence-electron chi connectivity index (χ1n) is 9.63.